The van der Waals surface area contributed by atoms with Gasteiger partial charge in [0.05, 0.1) is 15.5 Å². The summed E-state index contributed by atoms with van der Waals surface area (Å²) in [5.74, 6) is 0. The monoisotopic (exact) mass is 444 g/mol. The van der Waals surface area contributed by atoms with Gasteiger partial charge >= 0.3 is 0 Å². The molecule has 0 aliphatic carbocycles. The van der Waals surface area contributed by atoms with Gasteiger partial charge in [0, 0.05) is 13.6 Å². The van der Waals surface area contributed by atoms with Crippen molar-refractivity contribution in [1.29, 1.82) is 0 Å². The van der Waals surface area contributed by atoms with Crippen LogP contribution in [0.3, 0.4) is 0 Å². The molecule has 1 N–H and O–H groups in total. The summed E-state index contributed by atoms with van der Waals surface area (Å²) in [5.41, 5.74) is 2.35. The van der Waals surface area contributed by atoms with E-state index in [4.69, 9.17) is 0 Å². The molecule has 158 valence electrons. The van der Waals surface area contributed by atoms with Crippen molar-refractivity contribution >= 4 is 25.7 Å². The Morgan fingerprint density at radius 1 is 0.800 bits per heavy atom. The van der Waals surface area contributed by atoms with Gasteiger partial charge in [0.15, 0.2) is 0 Å². The van der Waals surface area contributed by atoms with E-state index in [1.54, 1.807) is 38.1 Å². The molecule has 3 rings (SSSR count). The van der Waals surface area contributed by atoms with Crippen LogP contribution >= 0.6 is 0 Å². The third-order valence-electron chi connectivity index (χ3n) is 4.83. The molecule has 0 unspecified atom stereocenters. The van der Waals surface area contributed by atoms with Gasteiger partial charge in [0.25, 0.3) is 10.0 Å². The number of benzene rings is 3. The van der Waals surface area contributed by atoms with Crippen molar-refractivity contribution < 1.29 is 16.8 Å². The molecule has 0 atom stereocenters. The van der Waals surface area contributed by atoms with Crippen LogP contribution in [0.2, 0.25) is 0 Å². The van der Waals surface area contributed by atoms with E-state index in [0.29, 0.717) is 16.8 Å². The number of sulfonamides is 2. The quantitative estimate of drug-likeness (QED) is 0.603. The zero-order chi connectivity index (χ0) is 21.9. The summed E-state index contributed by atoms with van der Waals surface area (Å²) in [7, 11) is -6.25. The highest BCUT2D eigenvalue weighted by atomic mass is 32.2. The van der Waals surface area contributed by atoms with Crippen LogP contribution in [0.1, 0.15) is 16.7 Å². The topological polar surface area (TPSA) is 83.6 Å². The Hall–Kier alpha value is -2.68. The van der Waals surface area contributed by atoms with Crippen LogP contribution in [0.4, 0.5) is 5.69 Å². The van der Waals surface area contributed by atoms with Crippen LogP contribution in [0, 0.1) is 13.8 Å². The molecular formula is C22H24N2O4S2. The average molecular weight is 445 g/mol. The van der Waals surface area contributed by atoms with Crippen LogP contribution in [-0.2, 0) is 26.6 Å². The molecular weight excluding hydrogens is 420 g/mol. The summed E-state index contributed by atoms with van der Waals surface area (Å²) < 4.78 is 55.6. The molecule has 0 aliphatic rings. The van der Waals surface area contributed by atoms with Gasteiger partial charge in [-0.05, 0) is 48.7 Å². The summed E-state index contributed by atoms with van der Waals surface area (Å²) in [6.07, 6.45) is 0. The van der Waals surface area contributed by atoms with E-state index in [1.807, 2.05) is 30.3 Å². The number of hydrogen-bond acceptors (Lipinski definition) is 4. The lowest BCUT2D eigenvalue weighted by molar-refractivity contribution is 0.580. The minimum Gasteiger partial charge on any atom is -0.269 e. The Morgan fingerprint density at radius 3 is 1.97 bits per heavy atom. The molecule has 8 heteroatoms. The second kappa shape index (κ2) is 8.59. The fourth-order valence-corrected chi connectivity index (χ4v) is 5.72. The molecule has 3 aromatic rings. The third-order valence-corrected chi connectivity index (χ3v) is 8.16. The fourth-order valence-electron chi connectivity index (χ4n) is 3.18. The number of nitrogens with zero attached hydrogens (tertiary/aromatic N) is 1. The zero-order valence-electron chi connectivity index (χ0n) is 17.0. The maximum atomic E-state index is 13.0. The largest absolute Gasteiger partial charge is 0.269 e. The van der Waals surface area contributed by atoms with Gasteiger partial charge in [-0.2, -0.15) is 0 Å². The average Bonchev–Trinajstić information content (AvgIpc) is 2.73. The maximum Gasteiger partial charge on any atom is 0.264 e. The van der Waals surface area contributed by atoms with Crippen molar-refractivity contribution in [2.75, 3.05) is 11.4 Å². The minimum atomic E-state index is -3.84. The van der Waals surface area contributed by atoms with E-state index < -0.39 is 20.0 Å². The molecule has 0 amide bonds. The van der Waals surface area contributed by atoms with E-state index in [1.165, 1.54) is 25.2 Å². The Kier molecular flexibility index (Phi) is 6.30. The van der Waals surface area contributed by atoms with Gasteiger partial charge in [-0.25, -0.2) is 21.6 Å². The summed E-state index contributed by atoms with van der Waals surface area (Å²) in [6, 6.07) is 20.3. The van der Waals surface area contributed by atoms with E-state index in [2.05, 4.69) is 4.72 Å². The lowest BCUT2D eigenvalue weighted by Crippen LogP contribution is -2.28. The van der Waals surface area contributed by atoms with E-state index in [9.17, 15) is 16.8 Å². The summed E-state index contributed by atoms with van der Waals surface area (Å²) >= 11 is 0. The number of rotatable bonds is 7. The van der Waals surface area contributed by atoms with Crippen LogP contribution in [0.15, 0.2) is 82.6 Å². The molecule has 0 fully saturated rings. The number of anilines is 1. The highest BCUT2D eigenvalue weighted by Gasteiger charge is 2.25. The van der Waals surface area contributed by atoms with Crippen LogP contribution in [0.5, 0.6) is 0 Å². The predicted octanol–water partition coefficient (Wildman–Crippen LogP) is 3.61. The maximum absolute atomic E-state index is 13.0. The van der Waals surface area contributed by atoms with Gasteiger partial charge in [0.1, 0.15) is 0 Å². The molecule has 3 aromatic carbocycles. The first-order valence-electron chi connectivity index (χ1n) is 9.32. The molecule has 0 heterocycles. The van der Waals surface area contributed by atoms with Crippen molar-refractivity contribution in [1.82, 2.24) is 4.72 Å². The summed E-state index contributed by atoms with van der Waals surface area (Å²) in [4.78, 5) is 0.188. The highest BCUT2D eigenvalue weighted by molar-refractivity contribution is 7.92. The standard InChI is InChI=1S/C22H24N2O4S2/c1-17-14-18(2)22(29(25,26)23-16-19-10-6-4-7-11-19)15-21(17)24(3)30(27,28)20-12-8-5-9-13-20/h4-15,23H,16H2,1-3H3. The second-order valence-electron chi connectivity index (χ2n) is 7.00. The summed E-state index contributed by atoms with van der Waals surface area (Å²) in [6.45, 7) is 3.59. The smallest absolute Gasteiger partial charge is 0.264 e. The molecule has 0 bridgehead atoms. The van der Waals surface area contributed by atoms with Crippen LogP contribution < -0.4 is 9.03 Å². The van der Waals surface area contributed by atoms with Gasteiger partial charge < -0.3 is 0 Å². The van der Waals surface area contributed by atoms with Crippen molar-refractivity contribution in [2.45, 2.75) is 30.2 Å². The molecule has 0 spiro atoms. The van der Waals surface area contributed by atoms with Gasteiger partial charge in [-0.15, -0.1) is 0 Å². The summed E-state index contributed by atoms with van der Waals surface area (Å²) in [5, 5.41) is 0. The van der Waals surface area contributed by atoms with Gasteiger partial charge in [-0.3, -0.25) is 4.31 Å². The van der Waals surface area contributed by atoms with Crippen LogP contribution in [-0.4, -0.2) is 23.9 Å². The number of aryl methyl sites for hydroxylation is 2. The van der Waals surface area contributed by atoms with Gasteiger partial charge in [-0.1, -0.05) is 54.6 Å². The highest BCUT2D eigenvalue weighted by Crippen LogP contribution is 2.30. The molecule has 6 nitrogen and oxygen atoms in total. The normalized spacial score (nSPS) is 12.0. The Bertz CT molecular complexity index is 1240. The lowest BCUT2D eigenvalue weighted by Gasteiger charge is -2.23. The molecule has 30 heavy (non-hydrogen) atoms. The number of nitrogens with one attached hydrogen (secondary N) is 1. The zero-order valence-corrected chi connectivity index (χ0v) is 18.7. The molecule has 0 radical (unpaired) electrons. The lowest BCUT2D eigenvalue weighted by atomic mass is 10.1. The van der Waals surface area contributed by atoms with Crippen molar-refractivity contribution in [3.05, 3.63) is 89.5 Å². The van der Waals surface area contributed by atoms with Crippen molar-refractivity contribution in [3.63, 3.8) is 0 Å². The van der Waals surface area contributed by atoms with Crippen molar-refractivity contribution in [2.24, 2.45) is 0 Å². The Morgan fingerprint density at radius 2 is 1.37 bits per heavy atom. The van der Waals surface area contributed by atoms with Gasteiger partial charge in [0.2, 0.25) is 10.0 Å². The molecule has 0 aliphatic heterocycles. The first-order valence-corrected chi connectivity index (χ1v) is 12.2. The second-order valence-corrected chi connectivity index (χ2v) is 10.7. The minimum absolute atomic E-state index is 0.0501. The first kappa shape index (κ1) is 22.0. The molecule has 0 aromatic heterocycles. The van der Waals surface area contributed by atoms with E-state index in [-0.39, 0.29) is 16.3 Å². The Labute approximate surface area is 178 Å². The first-order chi connectivity index (χ1) is 14.1. The Balaban J connectivity index is 1.97. The van der Waals surface area contributed by atoms with Crippen LogP contribution in [0.25, 0.3) is 0 Å². The SMILES string of the molecule is Cc1cc(C)c(S(=O)(=O)NCc2ccccc2)cc1N(C)S(=O)(=O)c1ccccc1. The van der Waals surface area contributed by atoms with E-state index >= 15 is 0 Å². The fraction of sp³-hybridized carbons (Fsp3) is 0.182. The molecule has 0 saturated carbocycles. The van der Waals surface area contributed by atoms with E-state index in [0.717, 1.165) is 9.87 Å². The van der Waals surface area contributed by atoms with Crippen molar-refractivity contribution in [3.8, 4) is 0 Å². The molecule has 0 saturated heterocycles. The number of hydrogen-bond donors (Lipinski definition) is 1. The third kappa shape index (κ3) is 4.56. The predicted molar refractivity (Wildman–Crippen MR) is 118 cm³/mol.